The molecule has 2 atom stereocenters. The Morgan fingerprint density at radius 3 is 2.50 bits per heavy atom. The maximum atomic E-state index is 11.4. The molecule has 2 fully saturated rings. The molecule has 16 heavy (non-hydrogen) atoms. The zero-order valence-electron chi connectivity index (χ0n) is 9.69. The summed E-state index contributed by atoms with van der Waals surface area (Å²) < 4.78 is 0. The molecule has 2 aliphatic rings. The van der Waals surface area contributed by atoms with E-state index in [9.17, 15) is 14.7 Å². The van der Waals surface area contributed by atoms with Crippen LogP contribution in [-0.4, -0.2) is 46.1 Å². The second-order valence-corrected chi connectivity index (χ2v) is 5.03. The second kappa shape index (κ2) is 3.73. The van der Waals surface area contributed by atoms with Crippen molar-refractivity contribution in [2.75, 3.05) is 6.54 Å². The minimum atomic E-state index is -1.08. The quantitative estimate of drug-likeness (QED) is 0.721. The molecule has 1 amide bonds. The first kappa shape index (κ1) is 11.4. The van der Waals surface area contributed by atoms with E-state index in [-0.39, 0.29) is 11.9 Å². The van der Waals surface area contributed by atoms with Gasteiger partial charge in [0.25, 0.3) is 0 Å². The molecule has 2 unspecified atom stereocenters. The molecule has 1 heterocycles. The van der Waals surface area contributed by atoms with Crippen molar-refractivity contribution in [2.45, 2.75) is 50.7 Å². The average Bonchev–Trinajstić information content (AvgIpc) is 2.91. The Balaban J connectivity index is 2.15. The van der Waals surface area contributed by atoms with E-state index in [1.807, 2.05) is 6.92 Å². The zero-order chi connectivity index (χ0) is 11.9. The number of rotatable bonds is 3. The van der Waals surface area contributed by atoms with Gasteiger partial charge in [-0.2, -0.15) is 0 Å². The molecule has 2 N–H and O–H groups in total. The molecule has 0 bridgehead atoms. The third kappa shape index (κ3) is 1.91. The SMILES string of the molecule is CC(=O)NC1(C(=O)O)CC(C)N(C2CC2)C1. The summed E-state index contributed by atoms with van der Waals surface area (Å²) in [6.45, 7) is 3.84. The van der Waals surface area contributed by atoms with E-state index in [0.29, 0.717) is 19.0 Å². The summed E-state index contributed by atoms with van der Waals surface area (Å²) in [4.78, 5) is 24.7. The van der Waals surface area contributed by atoms with Gasteiger partial charge in [-0.25, -0.2) is 4.79 Å². The van der Waals surface area contributed by atoms with Gasteiger partial charge in [0, 0.05) is 25.6 Å². The van der Waals surface area contributed by atoms with Crippen molar-refractivity contribution >= 4 is 11.9 Å². The molecule has 1 aliphatic heterocycles. The Kier molecular flexibility index (Phi) is 2.66. The summed E-state index contributed by atoms with van der Waals surface area (Å²) in [7, 11) is 0. The molecular weight excluding hydrogens is 208 g/mol. The lowest BCUT2D eigenvalue weighted by molar-refractivity contribution is -0.146. The number of aliphatic carboxylic acids is 1. The van der Waals surface area contributed by atoms with Crippen LogP contribution in [0.1, 0.15) is 33.1 Å². The van der Waals surface area contributed by atoms with Crippen LogP contribution in [0.25, 0.3) is 0 Å². The number of hydrogen-bond acceptors (Lipinski definition) is 3. The van der Waals surface area contributed by atoms with Crippen LogP contribution >= 0.6 is 0 Å². The van der Waals surface area contributed by atoms with E-state index in [2.05, 4.69) is 10.2 Å². The van der Waals surface area contributed by atoms with Crippen molar-refractivity contribution in [2.24, 2.45) is 0 Å². The number of likely N-dealkylation sites (tertiary alicyclic amines) is 1. The number of amides is 1. The van der Waals surface area contributed by atoms with E-state index in [1.165, 1.54) is 6.92 Å². The summed E-state index contributed by atoms with van der Waals surface area (Å²) in [5.74, 6) is -1.19. The molecule has 0 aromatic heterocycles. The van der Waals surface area contributed by atoms with Gasteiger partial charge >= 0.3 is 5.97 Å². The largest absolute Gasteiger partial charge is 0.479 e. The van der Waals surface area contributed by atoms with Gasteiger partial charge < -0.3 is 10.4 Å². The van der Waals surface area contributed by atoms with Gasteiger partial charge in [0.05, 0.1) is 0 Å². The maximum absolute atomic E-state index is 11.4. The summed E-state index contributed by atoms with van der Waals surface area (Å²) >= 11 is 0. The minimum absolute atomic E-state index is 0.232. The third-order valence-corrected chi connectivity index (χ3v) is 3.50. The molecule has 1 aliphatic carbocycles. The number of carbonyl (C=O) groups is 2. The molecule has 0 aromatic carbocycles. The molecule has 5 heteroatoms. The number of carbonyl (C=O) groups excluding carboxylic acids is 1. The normalized spacial score (nSPS) is 35.0. The standard InChI is InChI=1S/C11H18N2O3/c1-7-5-11(10(15)16,12-8(2)14)6-13(7)9-3-4-9/h7,9H,3-6H2,1-2H3,(H,12,14)(H,15,16). The highest BCUT2D eigenvalue weighted by molar-refractivity contribution is 5.86. The van der Waals surface area contributed by atoms with E-state index < -0.39 is 11.5 Å². The third-order valence-electron chi connectivity index (χ3n) is 3.50. The molecule has 0 aromatic rings. The second-order valence-electron chi connectivity index (χ2n) is 5.03. The molecule has 5 nitrogen and oxygen atoms in total. The van der Waals surface area contributed by atoms with Crippen LogP contribution < -0.4 is 5.32 Å². The van der Waals surface area contributed by atoms with Gasteiger partial charge in [-0.1, -0.05) is 0 Å². The predicted octanol–water partition coefficient (Wildman–Crippen LogP) is 0.203. The van der Waals surface area contributed by atoms with E-state index in [4.69, 9.17) is 0 Å². The molecule has 1 saturated heterocycles. The number of carboxylic acids is 1. The van der Waals surface area contributed by atoms with Gasteiger partial charge in [-0.3, -0.25) is 9.69 Å². The molecule has 0 spiro atoms. The van der Waals surface area contributed by atoms with Gasteiger partial charge in [-0.15, -0.1) is 0 Å². The highest BCUT2D eigenvalue weighted by atomic mass is 16.4. The summed E-state index contributed by atoms with van der Waals surface area (Å²) in [6.07, 6.45) is 2.80. The lowest BCUT2D eigenvalue weighted by Crippen LogP contribution is -2.55. The lowest BCUT2D eigenvalue weighted by Gasteiger charge is -2.25. The first-order valence-corrected chi connectivity index (χ1v) is 5.72. The number of carboxylic acid groups (broad SMARTS) is 1. The van der Waals surface area contributed by atoms with Crippen LogP contribution in [0.4, 0.5) is 0 Å². The zero-order valence-corrected chi connectivity index (χ0v) is 9.69. The Bertz CT molecular complexity index is 327. The van der Waals surface area contributed by atoms with Gasteiger partial charge in [0.2, 0.25) is 5.91 Å². The maximum Gasteiger partial charge on any atom is 0.330 e. The Hall–Kier alpha value is -1.10. The predicted molar refractivity (Wildman–Crippen MR) is 58.0 cm³/mol. The first-order valence-electron chi connectivity index (χ1n) is 5.72. The van der Waals surface area contributed by atoms with Crippen LogP contribution in [0.5, 0.6) is 0 Å². The highest BCUT2D eigenvalue weighted by Crippen LogP contribution is 2.37. The first-order chi connectivity index (χ1) is 7.44. The molecular formula is C11H18N2O3. The lowest BCUT2D eigenvalue weighted by atomic mass is 9.96. The van der Waals surface area contributed by atoms with Gasteiger partial charge in [0.1, 0.15) is 0 Å². The van der Waals surface area contributed by atoms with Crippen molar-refractivity contribution in [3.63, 3.8) is 0 Å². The number of hydrogen-bond donors (Lipinski definition) is 2. The van der Waals surface area contributed by atoms with Crippen molar-refractivity contribution in [3.05, 3.63) is 0 Å². The Morgan fingerprint density at radius 2 is 2.06 bits per heavy atom. The molecule has 1 saturated carbocycles. The van der Waals surface area contributed by atoms with Crippen LogP contribution in [0.15, 0.2) is 0 Å². The highest BCUT2D eigenvalue weighted by Gasteiger charge is 2.52. The molecule has 2 rings (SSSR count). The van der Waals surface area contributed by atoms with Crippen molar-refractivity contribution in [1.82, 2.24) is 10.2 Å². The molecule has 90 valence electrons. The van der Waals surface area contributed by atoms with Crippen molar-refractivity contribution in [1.29, 1.82) is 0 Å². The monoisotopic (exact) mass is 226 g/mol. The average molecular weight is 226 g/mol. The number of nitrogens with zero attached hydrogens (tertiary/aromatic N) is 1. The summed E-state index contributed by atoms with van der Waals surface area (Å²) in [6, 6.07) is 0.764. The fraction of sp³-hybridized carbons (Fsp3) is 0.818. The Morgan fingerprint density at radius 1 is 1.44 bits per heavy atom. The summed E-state index contributed by atoms with van der Waals surface area (Å²) in [5.41, 5.74) is -1.08. The van der Waals surface area contributed by atoms with Crippen LogP contribution in [-0.2, 0) is 9.59 Å². The minimum Gasteiger partial charge on any atom is -0.479 e. The number of nitrogens with one attached hydrogen (secondary N) is 1. The fourth-order valence-corrected chi connectivity index (χ4v) is 2.68. The van der Waals surface area contributed by atoms with Gasteiger partial charge in [0.15, 0.2) is 5.54 Å². The van der Waals surface area contributed by atoms with Crippen molar-refractivity contribution < 1.29 is 14.7 Å². The summed E-state index contributed by atoms with van der Waals surface area (Å²) in [5, 5.41) is 11.9. The fourth-order valence-electron chi connectivity index (χ4n) is 2.68. The van der Waals surface area contributed by atoms with Gasteiger partial charge in [-0.05, 0) is 26.2 Å². The van der Waals surface area contributed by atoms with E-state index in [0.717, 1.165) is 12.8 Å². The van der Waals surface area contributed by atoms with Crippen LogP contribution in [0.3, 0.4) is 0 Å². The van der Waals surface area contributed by atoms with Crippen LogP contribution in [0, 0.1) is 0 Å². The topological polar surface area (TPSA) is 69.6 Å². The smallest absolute Gasteiger partial charge is 0.330 e. The molecule has 0 radical (unpaired) electrons. The van der Waals surface area contributed by atoms with E-state index in [1.54, 1.807) is 0 Å². The van der Waals surface area contributed by atoms with Crippen molar-refractivity contribution in [3.8, 4) is 0 Å². The van der Waals surface area contributed by atoms with E-state index >= 15 is 0 Å². The Labute approximate surface area is 94.8 Å². The van der Waals surface area contributed by atoms with Crippen LogP contribution in [0.2, 0.25) is 0 Å².